The lowest BCUT2D eigenvalue weighted by molar-refractivity contribution is -0.126. The summed E-state index contributed by atoms with van der Waals surface area (Å²) < 4.78 is 5.07. The molecule has 0 amide bonds. The number of methoxy groups -OCH3 is 1. The van der Waals surface area contributed by atoms with E-state index in [1.165, 1.54) is 0 Å². The molecule has 0 radical (unpaired) electrons. The molecule has 0 aliphatic carbocycles. The lowest BCUT2D eigenvalue weighted by Gasteiger charge is -2.11. The Balaban J connectivity index is 0. The second-order valence-electron chi connectivity index (χ2n) is 3.02. The molecule has 1 rings (SSSR count). The molecule has 0 fully saturated rings. The SMILES string of the molecule is CC.CC.COC(Cc1ccccc1)C(C)=O. The minimum Gasteiger partial charge on any atom is -0.373 e. The predicted molar refractivity (Wildman–Crippen MR) is 74.3 cm³/mol. The molecule has 1 unspecified atom stereocenters. The average molecular weight is 238 g/mol. The Morgan fingerprint density at radius 1 is 1.12 bits per heavy atom. The standard InChI is InChI=1S/C11H14O2.2C2H6/c1-9(12)11(13-2)8-10-6-4-3-5-7-10;2*1-2/h3-7,11H,8H2,1-2H3;2*1-2H3. The van der Waals surface area contributed by atoms with E-state index in [1.807, 2.05) is 58.0 Å². The van der Waals surface area contributed by atoms with Gasteiger partial charge in [-0.25, -0.2) is 0 Å². The quantitative estimate of drug-likeness (QED) is 0.795. The fourth-order valence-corrected chi connectivity index (χ4v) is 1.22. The first-order valence-electron chi connectivity index (χ1n) is 6.31. The van der Waals surface area contributed by atoms with Crippen LogP contribution < -0.4 is 0 Å². The van der Waals surface area contributed by atoms with E-state index in [9.17, 15) is 4.79 Å². The van der Waals surface area contributed by atoms with Crippen LogP contribution in [0.5, 0.6) is 0 Å². The molecule has 17 heavy (non-hydrogen) atoms. The summed E-state index contributed by atoms with van der Waals surface area (Å²) in [5.74, 6) is 0.0753. The molecular weight excluding hydrogens is 212 g/mol. The number of ketones is 1. The van der Waals surface area contributed by atoms with Crippen LogP contribution in [0, 0.1) is 0 Å². The van der Waals surface area contributed by atoms with Gasteiger partial charge in [-0.3, -0.25) is 4.79 Å². The van der Waals surface area contributed by atoms with Gasteiger partial charge < -0.3 is 4.74 Å². The van der Waals surface area contributed by atoms with E-state index in [0.29, 0.717) is 6.42 Å². The molecule has 0 aromatic heterocycles. The van der Waals surface area contributed by atoms with Crippen molar-refractivity contribution in [2.75, 3.05) is 7.11 Å². The molecule has 1 aromatic rings. The zero-order chi connectivity index (χ0) is 13.7. The minimum atomic E-state index is -0.303. The molecule has 2 nitrogen and oxygen atoms in total. The Hall–Kier alpha value is -1.15. The van der Waals surface area contributed by atoms with E-state index in [0.717, 1.165) is 5.56 Å². The predicted octanol–water partition coefficient (Wildman–Crippen LogP) is 3.89. The normalized spacial score (nSPS) is 10.2. The molecule has 0 aliphatic heterocycles. The summed E-state index contributed by atoms with van der Waals surface area (Å²) in [5, 5.41) is 0. The van der Waals surface area contributed by atoms with Gasteiger partial charge in [-0.1, -0.05) is 58.0 Å². The maximum atomic E-state index is 11.1. The summed E-state index contributed by atoms with van der Waals surface area (Å²) in [5.41, 5.74) is 1.13. The van der Waals surface area contributed by atoms with E-state index in [2.05, 4.69) is 0 Å². The summed E-state index contributed by atoms with van der Waals surface area (Å²) in [6, 6.07) is 9.87. The Morgan fingerprint density at radius 2 is 1.59 bits per heavy atom. The molecule has 0 saturated heterocycles. The summed E-state index contributed by atoms with van der Waals surface area (Å²) in [6.45, 7) is 9.55. The molecule has 0 N–H and O–H groups in total. The smallest absolute Gasteiger partial charge is 0.158 e. The van der Waals surface area contributed by atoms with E-state index in [4.69, 9.17) is 4.74 Å². The topological polar surface area (TPSA) is 26.3 Å². The largest absolute Gasteiger partial charge is 0.373 e. The number of benzene rings is 1. The second-order valence-corrected chi connectivity index (χ2v) is 3.02. The maximum absolute atomic E-state index is 11.1. The first-order chi connectivity index (χ1) is 8.24. The molecule has 98 valence electrons. The van der Waals surface area contributed by atoms with Crippen molar-refractivity contribution in [2.24, 2.45) is 0 Å². The lowest BCUT2D eigenvalue weighted by atomic mass is 10.1. The van der Waals surface area contributed by atoms with Crippen molar-refractivity contribution in [3.05, 3.63) is 35.9 Å². The first kappa shape index (κ1) is 18.2. The van der Waals surface area contributed by atoms with Gasteiger partial charge in [0, 0.05) is 13.5 Å². The monoisotopic (exact) mass is 238 g/mol. The number of carbonyl (C=O) groups is 1. The molecule has 2 heteroatoms. The number of rotatable bonds is 4. The Labute approximate surface area is 106 Å². The summed E-state index contributed by atoms with van der Waals surface area (Å²) in [7, 11) is 1.56. The van der Waals surface area contributed by atoms with Gasteiger partial charge in [0.05, 0.1) is 0 Å². The molecule has 0 aliphatic rings. The van der Waals surface area contributed by atoms with Crippen LogP contribution in [-0.4, -0.2) is 19.0 Å². The van der Waals surface area contributed by atoms with Crippen LogP contribution in [0.2, 0.25) is 0 Å². The van der Waals surface area contributed by atoms with Gasteiger partial charge >= 0.3 is 0 Å². The third-order valence-corrected chi connectivity index (χ3v) is 2.00. The van der Waals surface area contributed by atoms with Crippen molar-refractivity contribution in [1.82, 2.24) is 0 Å². The van der Waals surface area contributed by atoms with Crippen LogP contribution in [0.15, 0.2) is 30.3 Å². The highest BCUT2D eigenvalue weighted by Gasteiger charge is 2.12. The van der Waals surface area contributed by atoms with Gasteiger partial charge in [-0.2, -0.15) is 0 Å². The zero-order valence-electron chi connectivity index (χ0n) is 12.0. The van der Waals surface area contributed by atoms with Crippen molar-refractivity contribution >= 4 is 5.78 Å². The average Bonchev–Trinajstić information content (AvgIpc) is 2.41. The molecule has 0 saturated carbocycles. The van der Waals surface area contributed by atoms with Gasteiger partial charge in [0.2, 0.25) is 0 Å². The molecule has 0 bridgehead atoms. The van der Waals surface area contributed by atoms with Crippen LogP contribution in [0.25, 0.3) is 0 Å². The zero-order valence-corrected chi connectivity index (χ0v) is 12.0. The van der Waals surface area contributed by atoms with Gasteiger partial charge in [-0.15, -0.1) is 0 Å². The van der Waals surface area contributed by atoms with Gasteiger partial charge in [0.1, 0.15) is 6.10 Å². The van der Waals surface area contributed by atoms with Crippen molar-refractivity contribution in [2.45, 2.75) is 47.1 Å². The summed E-state index contributed by atoms with van der Waals surface area (Å²) >= 11 is 0. The van der Waals surface area contributed by atoms with Crippen LogP contribution in [0.3, 0.4) is 0 Å². The highest BCUT2D eigenvalue weighted by molar-refractivity contribution is 5.80. The van der Waals surface area contributed by atoms with Gasteiger partial charge in [-0.05, 0) is 12.5 Å². The van der Waals surface area contributed by atoms with E-state index < -0.39 is 0 Å². The van der Waals surface area contributed by atoms with Crippen LogP contribution in [0.4, 0.5) is 0 Å². The Kier molecular flexibility index (Phi) is 13.8. The van der Waals surface area contributed by atoms with Crippen LogP contribution in [-0.2, 0) is 16.0 Å². The molecule has 1 aromatic carbocycles. The summed E-state index contributed by atoms with van der Waals surface area (Å²) in [4.78, 5) is 11.1. The Morgan fingerprint density at radius 3 is 1.94 bits per heavy atom. The maximum Gasteiger partial charge on any atom is 0.158 e. The van der Waals surface area contributed by atoms with Crippen molar-refractivity contribution < 1.29 is 9.53 Å². The molecule has 1 atom stereocenters. The number of Topliss-reactive ketones (excluding diaryl/α,β-unsaturated/α-hetero) is 1. The van der Waals surface area contributed by atoms with E-state index >= 15 is 0 Å². The molecule has 0 heterocycles. The fraction of sp³-hybridized carbons (Fsp3) is 0.533. The molecular formula is C15H26O2. The third kappa shape index (κ3) is 8.64. The summed E-state index contributed by atoms with van der Waals surface area (Å²) in [6.07, 6.45) is 0.356. The fourth-order valence-electron chi connectivity index (χ4n) is 1.22. The lowest BCUT2D eigenvalue weighted by Crippen LogP contribution is -2.22. The van der Waals surface area contributed by atoms with E-state index in [-0.39, 0.29) is 11.9 Å². The highest BCUT2D eigenvalue weighted by Crippen LogP contribution is 2.05. The number of ether oxygens (including phenoxy) is 1. The van der Waals surface area contributed by atoms with Gasteiger partial charge in [0.15, 0.2) is 5.78 Å². The van der Waals surface area contributed by atoms with Crippen LogP contribution in [0.1, 0.15) is 40.2 Å². The number of carbonyl (C=O) groups excluding carboxylic acids is 1. The first-order valence-corrected chi connectivity index (χ1v) is 6.31. The van der Waals surface area contributed by atoms with E-state index in [1.54, 1.807) is 14.0 Å². The van der Waals surface area contributed by atoms with Crippen molar-refractivity contribution in [3.63, 3.8) is 0 Å². The second kappa shape index (κ2) is 12.9. The minimum absolute atomic E-state index is 0.0753. The molecule has 0 spiro atoms. The number of hydrogen-bond acceptors (Lipinski definition) is 2. The van der Waals surface area contributed by atoms with Crippen LogP contribution >= 0.6 is 0 Å². The number of hydrogen-bond donors (Lipinski definition) is 0. The third-order valence-electron chi connectivity index (χ3n) is 2.00. The van der Waals surface area contributed by atoms with Crippen molar-refractivity contribution in [1.29, 1.82) is 0 Å². The van der Waals surface area contributed by atoms with Gasteiger partial charge in [0.25, 0.3) is 0 Å². The highest BCUT2D eigenvalue weighted by atomic mass is 16.5. The Bertz CT molecular complexity index is 268. The van der Waals surface area contributed by atoms with Crippen molar-refractivity contribution in [3.8, 4) is 0 Å².